The smallest absolute Gasteiger partial charge is 0.321 e. The summed E-state index contributed by atoms with van der Waals surface area (Å²) in [5.41, 5.74) is 3.65. The van der Waals surface area contributed by atoms with Crippen LogP contribution in [0.2, 0.25) is 0 Å². The summed E-state index contributed by atoms with van der Waals surface area (Å²) in [6.45, 7) is 8.70. The minimum Gasteiger partial charge on any atom is -0.497 e. The maximum atomic E-state index is 12.1. The molecular formula is C20H22ClNO2. The third-order valence-corrected chi connectivity index (χ3v) is 4.15. The van der Waals surface area contributed by atoms with Gasteiger partial charge in [0.15, 0.2) is 0 Å². The maximum Gasteiger partial charge on any atom is 0.321 e. The molecule has 3 nitrogen and oxygen atoms in total. The summed E-state index contributed by atoms with van der Waals surface area (Å²) in [6.07, 6.45) is 0. The second-order valence-corrected chi connectivity index (χ2v) is 6.21. The number of anilines is 1. The zero-order valence-electron chi connectivity index (χ0n) is 14.3. The lowest BCUT2D eigenvalue weighted by Crippen LogP contribution is -2.26. The Balaban J connectivity index is 2.37. The van der Waals surface area contributed by atoms with Gasteiger partial charge in [-0.2, -0.15) is 0 Å². The van der Waals surface area contributed by atoms with Gasteiger partial charge in [-0.1, -0.05) is 50.8 Å². The predicted molar refractivity (Wildman–Crippen MR) is 101 cm³/mol. The first-order chi connectivity index (χ1) is 11.4. The van der Waals surface area contributed by atoms with E-state index in [1.807, 2.05) is 48.5 Å². The zero-order valence-corrected chi connectivity index (χ0v) is 15.0. The topological polar surface area (TPSA) is 29.5 Å². The fourth-order valence-corrected chi connectivity index (χ4v) is 2.60. The molecule has 0 heterocycles. The Labute approximate surface area is 148 Å². The first kappa shape index (κ1) is 18.1. The monoisotopic (exact) mass is 343 g/mol. The van der Waals surface area contributed by atoms with Crippen molar-refractivity contribution in [2.45, 2.75) is 20.4 Å². The van der Waals surface area contributed by atoms with E-state index in [4.69, 9.17) is 16.3 Å². The molecule has 0 saturated heterocycles. The summed E-state index contributed by atoms with van der Waals surface area (Å²) in [6, 6.07) is 15.3. The van der Waals surface area contributed by atoms with Crippen molar-refractivity contribution in [2.24, 2.45) is 5.92 Å². The van der Waals surface area contributed by atoms with Gasteiger partial charge in [0.05, 0.1) is 19.3 Å². The molecule has 0 atom stereocenters. The van der Waals surface area contributed by atoms with Crippen molar-refractivity contribution in [1.29, 1.82) is 0 Å². The normalized spacial score (nSPS) is 10.5. The average molecular weight is 344 g/mol. The minimum atomic E-state index is -0.519. The van der Waals surface area contributed by atoms with Crippen LogP contribution < -0.4 is 9.64 Å². The molecule has 4 heteroatoms. The van der Waals surface area contributed by atoms with E-state index in [-0.39, 0.29) is 5.92 Å². The Bertz CT molecular complexity index is 723. The molecular weight excluding hydrogens is 322 g/mol. The highest BCUT2D eigenvalue weighted by Gasteiger charge is 2.19. The number of amides is 1. The number of ether oxygens (including phenoxy) is 1. The molecule has 2 aromatic carbocycles. The van der Waals surface area contributed by atoms with E-state index >= 15 is 0 Å². The third kappa shape index (κ3) is 4.18. The second-order valence-electron chi connectivity index (χ2n) is 5.88. The van der Waals surface area contributed by atoms with Gasteiger partial charge in [0.25, 0.3) is 0 Å². The molecule has 24 heavy (non-hydrogen) atoms. The van der Waals surface area contributed by atoms with Crippen LogP contribution in [0.5, 0.6) is 5.75 Å². The molecule has 0 aliphatic rings. The van der Waals surface area contributed by atoms with Crippen LogP contribution in [0.4, 0.5) is 10.5 Å². The fourth-order valence-electron chi connectivity index (χ4n) is 2.45. The van der Waals surface area contributed by atoms with Crippen molar-refractivity contribution in [3.63, 3.8) is 0 Å². The number of para-hydroxylation sites is 1. The standard InChI is InChI=1S/C20H22ClNO2/c1-14(2)15(3)18-7-5-6-8-19(18)22(20(21)23)13-16-9-11-17(24-4)12-10-16/h5-12,14H,3,13H2,1-2,4H3. The van der Waals surface area contributed by atoms with Crippen LogP contribution in [-0.2, 0) is 6.54 Å². The highest BCUT2D eigenvalue weighted by molar-refractivity contribution is 6.66. The molecule has 0 saturated carbocycles. The minimum absolute atomic E-state index is 0.277. The van der Waals surface area contributed by atoms with Crippen LogP contribution >= 0.6 is 11.6 Å². The van der Waals surface area contributed by atoms with Crippen LogP contribution in [0.3, 0.4) is 0 Å². The number of halogens is 1. The highest BCUT2D eigenvalue weighted by atomic mass is 35.5. The Kier molecular flexibility index (Phi) is 6.04. The summed E-state index contributed by atoms with van der Waals surface area (Å²) in [4.78, 5) is 13.6. The van der Waals surface area contributed by atoms with E-state index in [1.54, 1.807) is 12.0 Å². The molecule has 0 spiro atoms. The molecule has 0 fully saturated rings. The molecule has 0 radical (unpaired) electrons. The summed E-state index contributed by atoms with van der Waals surface area (Å²) < 4.78 is 5.16. The quantitative estimate of drug-likeness (QED) is 0.495. The third-order valence-electron chi connectivity index (χ3n) is 3.95. The van der Waals surface area contributed by atoms with Crippen molar-refractivity contribution >= 4 is 28.2 Å². The number of allylic oxidation sites excluding steroid dienone is 1. The second kappa shape index (κ2) is 8.02. The van der Waals surface area contributed by atoms with Gasteiger partial charge < -0.3 is 4.74 Å². The number of carbonyl (C=O) groups excluding carboxylic acids is 1. The molecule has 0 unspecified atom stereocenters. The van der Waals surface area contributed by atoms with Crippen LogP contribution in [0.1, 0.15) is 25.0 Å². The molecule has 1 amide bonds. The summed E-state index contributed by atoms with van der Waals surface area (Å²) >= 11 is 5.88. The fraction of sp³-hybridized carbons (Fsp3) is 0.250. The largest absolute Gasteiger partial charge is 0.497 e. The van der Waals surface area contributed by atoms with Crippen LogP contribution in [0.15, 0.2) is 55.1 Å². The molecule has 0 aliphatic heterocycles. The Hall–Kier alpha value is -2.26. The predicted octanol–water partition coefficient (Wildman–Crippen LogP) is 5.73. The highest BCUT2D eigenvalue weighted by Crippen LogP contribution is 2.32. The van der Waals surface area contributed by atoms with Crippen LogP contribution in [-0.4, -0.2) is 12.5 Å². The van der Waals surface area contributed by atoms with E-state index in [9.17, 15) is 4.79 Å². The van der Waals surface area contributed by atoms with Gasteiger partial charge in [-0.25, -0.2) is 0 Å². The molecule has 126 valence electrons. The van der Waals surface area contributed by atoms with Gasteiger partial charge >= 0.3 is 5.37 Å². The summed E-state index contributed by atoms with van der Waals surface area (Å²) in [5, 5.41) is -0.519. The Morgan fingerprint density at radius 3 is 2.33 bits per heavy atom. The molecule has 0 N–H and O–H groups in total. The van der Waals surface area contributed by atoms with E-state index in [2.05, 4.69) is 20.4 Å². The molecule has 2 rings (SSSR count). The lowest BCUT2D eigenvalue weighted by molar-refractivity contribution is 0.264. The van der Waals surface area contributed by atoms with Crippen molar-refractivity contribution in [3.05, 3.63) is 66.2 Å². The summed E-state index contributed by atoms with van der Waals surface area (Å²) in [7, 11) is 1.62. The van der Waals surface area contributed by atoms with E-state index in [0.29, 0.717) is 6.54 Å². The first-order valence-corrected chi connectivity index (χ1v) is 8.20. The SMILES string of the molecule is C=C(c1ccccc1N(Cc1ccc(OC)cc1)C(=O)Cl)C(C)C. The number of methoxy groups -OCH3 is 1. The van der Waals surface area contributed by atoms with Crippen LogP contribution in [0.25, 0.3) is 5.57 Å². The number of carbonyl (C=O) groups is 1. The van der Waals surface area contributed by atoms with Crippen molar-refractivity contribution in [2.75, 3.05) is 12.0 Å². The average Bonchev–Trinajstić information content (AvgIpc) is 2.59. The first-order valence-electron chi connectivity index (χ1n) is 7.82. The Morgan fingerprint density at radius 1 is 1.17 bits per heavy atom. The van der Waals surface area contributed by atoms with Gasteiger partial charge in [0.2, 0.25) is 0 Å². The summed E-state index contributed by atoms with van der Waals surface area (Å²) in [5.74, 6) is 1.05. The number of hydrogen-bond acceptors (Lipinski definition) is 2. The zero-order chi connectivity index (χ0) is 17.7. The van der Waals surface area contributed by atoms with Gasteiger partial charge in [-0.15, -0.1) is 0 Å². The van der Waals surface area contributed by atoms with Gasteiger partial charge in [0.1, 0.15) is 5.75 Å². The number of rotatable bonds is 6. The van der Waals surface area contributed by atoms with Crippen LogP contribution in [0, 0.1) is 5.92 Å². The van der Waals surface area contributed by atoms with Crippen molar-refractivity contribution in [1.82, 2.24) is 0 Å². The number of benzene rings is 2. The molecule has 0 aromatic heterocycles. The van der Waals surface area contributed by atoms with Gasteiger partial charge in [0, 0.05) is 5.56 Å². The maximum absolute atomic E-state index is 12.1. The van der Waals surface area contributed by atoms with E-state index in [0.717, 1.165) is 28.1 Å². The molecule has 0 aliphatic carbocycles. The molecule has 2 aromatic rings. The lowest BCUT2D eigenvalue weighted by Gasteiger charge is -2.24. The molecule has 0 bridgehead atoms. The van der Waals surface area contributed by atoms with E-state index in [1.165, 1.54) is 0 Å². The Morgan fingerprint density at radius 2 is 1.79 bits per heavy atom. The van der Waals surface area contributed by atoms with E-state index < -0.39 is 5.37 Å². The van der Waals surface area contributed by atoms with Crippen molar-refractivity contribution < 1.29 is 9.53 Å². The number of hydrogen-bond donors (Lipinski definition) is 0. The van der Waals surface area contributed by atoms with Gasteiger partial charge in [-0.3, -0.25) is 9.69 Å². The van der Waals surface area contributed by atoms with Crippen molar-refractivity contribution in [3.8, 4) is 5.75 Å². The van der Waals surface area contributed by atoms with Gasteiger partial charge in [-0.05, 0) is 46.9 Å². The lowest BCUT2D eigenvalue weighted by atomic mass is 9.95. The number of nitrogens with zero attached hydrogens (tertiary/aromatic N) is 1.